The molecule has 104 valence electrons. The number of hydrogen-bond acceptors (Lipinski definition) is 3. The maximum Gasteiger partial charge on any atom is 0.269 e. The first-order chi connectivity index (χ1) is 8.62. The van der Waals surface area contributed by atoms with E-state index in [1.54, 1.807) is 20.8 Å². The standard InChI is InChI=1S/C12H14Br2N2O3/c1-12(2,3)11(17)15-9-5-4-7(16(18)19)6-8(9)10(13)14/h4-6,10H,1-3H3,(H,15,17). The third-order valence-electron chi connectivity index (χ3n) is 2.41. The summed E-state index contributed by atoms with van der Waals surface area (Å²) in [5.41, 5.74) is 0.594. The maximum absolute atomic E-state index is 12.0. The molecule has 5 nitrogen and oxygen atoms in total. The van der Waals surface area contributed by atoms with E-state index in [0.717, 1.165) is 0 Å². The number of non-ortho nitro benzene ring substituents is 1. The molecular formula is C12H14Br2N2O3. The van der Waals surface area contributed by atoms with Crippen molar-refractivity contribution in [1.29, 1.82) is 0 Å². The summed E-state index contributed by atoms with van der Waals surface area (Å²) in [6, 6.07) is 4.32. The summed E-state index contributed by atoms with van der Waals surface area (Å²) in [7, 11) is 0. The van der Waals surface area contributed by atoms with Crippen molar-refractivity contribution in [3.63, 3.8) is 0 Å². The van der Waals surface area contributed by atoms with Crippen molar-refractivity contribution in [2.24, 2.45) is 5.41 Å². The Balaban J connectivity index is 3.14. The molecule has 1 aromatic carbocycles. The number of alkyl halides is 2. The molecule has 1 amide bonds. The summed E-state index contributed by atoms with van der Waals surface area (Å²) in [4.78, 5) is 22.2. The molecule has 1 rings (SSSR count). The average molecular weight is 394 g/mol. The lowest BCUT2D eigenvalue weighted by atomic mass is 9.95. The Bertz CT molecular complexity index is 510. The fourth-order valence-corrected chi connectivity index (χ4v) is 2.03. The van der Waals surface area contributed by atoms with Crippen LogP contribution in [0, 0.1) is 15.5 Å². The molecular weight excluding hydrogens is 380 g/mol. The lowest BCUT2D eigenvalue weighted by Crippen LogP contribution is -2.28. The number of nitrogens with zero attached hydrogens (tertiary/aromatic N) is 1. The molecule has 0 saturated heterocycles. The molecule has 19 heavy (non-hydrogen) atoms. The van der Waals surface area contributed by atoms with E-state index in [0.29, 0.717) is 11.3 Å². The second-order valence-electron chi connectivity index (χ2n) is 5.03. The van der Waals surface area contributed by atoms with Crippen molar-refractivity contribution in [1.82, 2.24) is 0 Å². The number of rotatable bonds is 3. The van der Waals surface area contributed by atoms with Crippen LogP contribution in [-0.2, 0) is 4.79 Å². The molecule has 1 N–H and O–H groups in total. The normalized spacial score (nSPS) is 11.5. The molecule has 0 atom stereocenters. The van der Waals surface area contributed by atoms with Gasteiger partial charge in [-0.1, -0.05) is 52.6 Å². The van der Waals surface area contributed by atoms with Crippen molar-refractivity contribution in [2.45, 2.75) is 24.5 Å². The van der Waals surface area contributed by atoms with Gasteiger partial charge in [0.1, 0.15) is 0 Å². The highest BCUT2D eigenvalue weighted by Gasteiger charge is 2.23. The molecule has 0 saturated carbocycles. The van der Waals surface area contributed by atoms with Gasteiger partial charge in [-0.15, -0.1) is 0 Å². The Kier molecular flexibility index (Phi) is 5.09. The lowest BCUT2D eigenvalue weighted by molar-refractivity contribution is -0.384. The third-order valence-corrected chi connectivity index (χ3v) is 3.40. The molecule has 0 aliphatic carbocycles. The first-order valence-corrected chi connectivity index (χ1v) is 7.34. The van der Waals surface area contributed by atoms with Crippen molar-refractivity contribution >= 4 is 49.1 Å². The quantitative estimate of drug-likeness (QED) is 0.470. The van der Waals surface area contributed by atoms with Gasteiger partial charge in [0.05, 0.1) is 8.66 Å². The van der Waals surface area contributed by atoms with E-state index in [4.69, 9.17) is 0 Å². The minimum Gasteiger partial charge on any atom is -0.325 e. The maximum atomic E-state index is 12.0. The Hall–Kier alpha value is -0.950. The molecule has 0 aliphatic rings. The smallest absolute Gasteiger partial charge is 0.269 e. The molecule has 0 unspecified atom stereocenters. The monoisotopic (exact) mass is 392 g/mol. The molecule has 1 aromatic rings. The Morgan fingerprint density at radius 2 is 1.95 bits per heavy atom. The van der Waals surface area contributed by atoms with Crippen LogP contribution in [-0.4, -0.2) is 10.8 Å². The number of carbonyl (C=O) groups excluding carboxylic acids is 1. The summed E-state index contributed by atoms with van der Waals surface area (Å²) < 4.78 is -0.282. The second kappa shape index (κ2) is 6.00. The van der Waals surface area contributed by atoms with E-state index in [9.17, 15) is 14.9 Å². The van der Waals surface area contributed by atoms with E-state index < -0.39 is 10.3 Å². The van der Waals surface area contributed by atoms with E-state index in [2.05, 4.69) is 37.2 Å². The fourth-order valence-electron chi connectivity index (χ4n) is 1.27. The van der Waals surface area contributed by atoms with Crippen LogP contribution in [0.15, 0.2) is 18.2 Å². The zero-order valence-corrected chi connectivity index (χ0v) is 13.9. The van der Waals surface area contributed by atoms with E-state index >= 15 is 0 Å². The number of halogens is 2. The van der Waals surface area contributed by atoms with Crippen LogP contribution in [0.3, 0.4) is 0 Å². The van der Waals surface area contributed by atoms with E-state index in [-0.39, 0.29) is 15.3 Å². The number of nitrogens with one attached hydrogen (secondary N) is 1. The number of anilines is 1. The van der Waals surface area contributed by atoms with Crippen molar-refractivity contribution in [2.75, 3.05) is 5.32 Å². The summed E-state index contributed by atoms with van der Waals surface area (Å²) >= 11 is 6.60. The number of nitro benzene ring substituents is 1. The van der Waals surface area contributed by atoms with Gasteiger partial charge >= 0.3 is 0 Å². The van der Waals surface area contributed by atoms with Gasteiger partial charge in [-0.05, 0) is 6.07 Å². The van der Waals surface area contributed by atoms with Gasteiger partial charge in [0.25, 0.3) is 5.69 Å². The third kappa shape index (κ3) is 4.28. The Morgan fingerprint density at radius 1 is 1.37 bits per heavy atom. The number of hydrogen-bond donors (Lipinski definition) is 1. The zero-order chi connectivity index (χ0) is 14.8. The van der Waals surface area contributed by atoms with Gasteiger partial charge in [-0.25, -0.2) is 0 Å². The number of benzene rings is 1. The Morgan fingerprint density at radius 3 is 2.37 bits per heavy atom. The number of carbonyl (C=O) groups is 1. The van der Waals surface area contributed by atoms with Crippen LogP contribution >= 0.6 is 31.9 Å². The van der Waals surface area contributed by atoms with Gasteiger partial charge in [-0.2, -0.15) is 0 Å². The SMILES string of the molecule is CC(C)(C)C(=O)Nc1ccc([N+](=O)[O-])cc1C(Br)Br. The minimum absolute atomic E-state index is 0.0207. The number of amides is 1. The predicted molar refractivity (Wildman–Crippen MR) is 81.8 cm³/mol. The molecule has 0 bridgehead atoms. The van der Waals surface area contributed by atoms with E-state index in [1.165, 1.54) is 18.2 Å². The molecule has 0 heterocycles. The van der Waals surface area contributed by atoms with Gasteiger partial charge < -0.3 is 5.32 Å². The van der Waals surface area contributed by atoms with Crippen LogP contribution in [0.4, 0.5) is 11.4 Å². The van der Waals surface area contributed by atoms with Crippen LogP contribution in [0.2, 0.25) is 0 Å². The molecule has 0 spiro atoms. The topological polar surface area (TPSA) is 72.2 Å². The highest BCUT2D eigenvalue weighted by molar-refractivity contribution is 9.24. The first kappa shape index (κ1) is 16.1. The lowest BCUT2D eigenvalue weighted by Gasteiger charge is -2.19. The Labute approximate surface area is 128 Å². The van der Waals surface area contributed by atoms with Crippen LogP contribution < -0.4 is 5.32 Å². The molecule has 0 fully saturated rings. The predicted octanol–water partition coefficient (Wildman–Crippen LogP) is 4.37. The highest BCUT2D eigenvalue weighted by atomic mass is 79.9. The van der Waals surface area contributed by atoms with Crippen molar-refractivity contribution < 1.29 is 9.72 Å². The average Bonchev–Trinajstić information content (AvgIpc) is 2.27. The molecule has 0 radical (unpaired) electrons. The summed E-state index contributed by atoms with van der Waals surface area (Å²) in [5.74, 6) is -0.150. The fraction of sp³-hybridized carbons (Fsp3) is 0.417. The number of nitro groups is 1. The van der Waals surface area contributed by atoms with Gasteiger partial charge in [0, 0.05) is 28.8 Å². The molecule has 0 aromatic heterocycles. The summed E-state index contributed by atoms with van der Waals surface area (Å²) in [6.07, 6.45) is 0. The van der Waals surface area contributed by atoms with Crippen molar-refractivity contribution in [3.05, 3.63) is 33.9 Å². The molecule has 7 heteroatoms. The van der Waals surface area contributed by atoms with Gasteiger partial charge in [0.2, 0.25) is 5.91 Å². The van der Waals surface area contributed by atoms with Gasteiger partial charge in [0.15, 0.2) is 0 Å². The highest BCUT2D eigenvalue weighted by Crippen LogP contribution is 2.37. The van der Waals surface area contributed by atoms with E-state index in [1.807, 2.05) is 0 Å². The first-order valence-electron chi connectivity index (χ1n) is 5.51. The van der Waals surface area contributed by atoms with Crippen LogP contribution in [0.1, 0.15) is 30.1 Å². The van der Waals surface area contributed by atoms with Crippen LogP contribution in [0.5, 0.6) is 0 Å². The zero-order valence-electron chi connectivity index (χ0n) is 10.7. The summed E-state index contributed by atoms with van der Waals surface area (Å²) in [5, 5.41) is 13.5. The van der Waals surface area contributed by atoms with Gasteiger partial charge in [-0.3, -0.25) is 14.9 Å². The van der Waals surface area contributed by atoms with Crippen LogP contribution in [0.25, 0.3) is 0 Å². The molecule has 0 aliphatic heterocycles. The summed E-state index contributed by atoms with van der Waals surface area (Å²) in [6.45, 7) is 5.40. The van der Waals surface area contributed by atoms with Crippen molar-refractivity contribution in [3.8, 4) is 0 Å². The largest absolute Gasteiger partial charge is 0.325 e. The minimum atomic E-state index is -0.535. The second-order valence-corrected chi connectivity index (χ2v) is 8.09.